The van der Waals surface area contributed by atoms with Gasteiger partial charge in [0.15, 0.2) is 5.78 Å². The molecule has 0 N–H and O–H groups in total. The van der Waals surface area contributed by atoms with E-state index in [-0.39, 0.29) is 16.6 Å². The fourth-order valence-electron chi connectivity index (χ4n) is 8.49. The van der Waals surface area contributed by atoms with Crippen molar-refractivity contribution in [1.29, 1.82) is 0 Å². The van der Waals surface area contributed by atoms with E-state index in [0.29, 0.717) is 23.2 Å². The third-order valence-electron chi connectivity index (χ3n) is 10.2. The second kappa shape index (κ2) is 8.68. The van der Waals surface area contributed by atoms with Crippen LogP contribution in [0.3, 0.4) is 0 Å². The molecule has 2 fully saturated rings. The van der Waals surface area contributed by atoms with Gasteiger partial charge in [-0.1, -0.05) is 59.2 Å². The smallest absolute Gasteiger partial charge is 0.152 e. The monoisotopic (exact) mass is 453 g/mol. The topological polar surface area (TPSA) is 43.1 Å². The molecule has 4 rings (SSSR count). The first-order valence-corrected chi connectivity index (χ1v) is 13.5. The van der Waals surface area contributed by atoms with E-state index >= 15 is 0 Å². The summed E-state index contributed by atoms with van der Waals surface area (Å²) in [6, 6.07) is 0. The number of fused-ring (bicyclic) bond motifs is 2. The molecular formula is C30H47NO2. The van der Waals surface area contributed by atoms with Gasteiger partial charge in [0.25, 0.3) is 0 Å². The van der Waals surface area contributed by atoms with Crippen LogP contribution in [0.15, 0.2) is 22.4 Å². The molecule has 0 aromatic carbocycles. The zero-order chi connectivity index (χ0) is 24.2. The van der Waals surface area contributed by atoms with Crippen molar-refractivity contribution in [1.82, 2.24) is 5.16 Å². The predicted molar refractivity (Wildman–Crippen MR) is 135 cm³/mol. The molecule has 1 heterocycles. The van der Waals surface area contributed by atoms with Crippen LogP contribution in [0, 0.1) is 40.4 Å². The van der Waals surface area contributed by atoms with Gasteiger partial charge >= 0.3 is 0 Å². The van der Waals surface area contributed by atoms with Crippen molar-refractivity contribution in [3.63, 3.8) is 0 Å². The summed E-state index contributed by atoms with van der Waals surface area (Å²) in [5.74, 6) is 4.53. The van der Waals surface area contributed by atoms with Gasteiger partial charge in [-0.05, 0) is 105 Å². The van der Waals surface area contributed by atoms with Crippen molar-refractivity contribution in [2.24, 2.45) is 40.4 Å². The first kappa shape index (κ1) is 24.7. The fourth-order valence-corrected chi connectivity index (χ4v) is 8.49. The summed E-state index contributed by atoms with van der Waals surface area (Å²) in [5, 5.41) is 4.17. The molecule has 184 valence electrons. The number of nitrogens with zero attached hydrogens (tertiary/aromatic N) is 1. The normalized spacial score (nSPS) is 37.3. The summed E-state index contributed by atoms with van der Waals surface area (Å²) in [6.07, 6.45) is 14.0. The average Bonchev–Trinajstić information content (AvgIpc) is 3.16. The molecule has 3 aliphatic rings. The van der Waals surface area contributed by atoms with Crippen LogP contribution in [0.1, 0.15) is 112 Å². The summed E-state index contributed by atoms with van der Waals surface area (Å²) in [4.78, 5) is 12.5. The lowest BCUT2D eigenvalue weighted by Gasteiger charge is -2.56. The van der Waals surface area contributed by atoms with E-state index in [4.69, 9.17) is 4.52 Å². The molecule has 0 spiro atoms. The first-order chi connectivity index (χ1) is 15.3. The standard InChI is InChI=1S/C30H47NO2/c1-19(9-10-22-13-14-28(4,5)16-20(22)2)24-11-12-26-29(6,7)27-23(18-31-33-27)17-30(26,8)25(24)15-21(3)32/h15,18-20,22,24,26H,9-14,16-17H2,1-8H3/b25-15+/t19-,20?,22?,24?,26?,30-/m1/s1. The number of hydrogen-bond donors (Lipinski definition) is 0. The van der Waals surface area contributed by atoms with Crippen molar-refractivity contribution in [2.75, 3.05) is 0 Å². The lowest BCUT2D eigenvalue weighted by molar-refractivity contribution is -0.112. The maximum Gasteiger partial charge on any atom is 0.152 e. The maximum absolute atomic E-state index is 12.5. The van der Waals surface area contributed by atoms with Crippen LogP contribution in [-0.2, 0) is 16.6 Å². The summed E-state index contributed by atoms with van der Waals surface area (Å²) in [6.45, 7) is 18.6. The number of allylic oxidation sites excluding steroid dienone is 2. The second-order valence-corrected chi connectivity index (χ2v) is 13.6. The predicted octanol–water partition coefficient (Wildman–Crippen LogP) is 7.93. The molecule has 3 nitrogen and oxygen atoms in total. The zero-order valence-electron chi connectivity index (χ0n) is 22.5. The van der Waals surface area contributed by atoms with Gasteiger partial charge in [0.2, 0.25) is 0 Å². The Kier molecular flexibility index (Phi) is 6.51. The molecule has 0 amide bonds. The Morgan fingerprint density at radius 2 is 1.94 bits per heavy atom. The van der Waals surface area contributed by atoms with E-state index in [2.05, 4.69) is 53.6 Å². The lowest BCUT2D eigenvalue weighted by Crippen LogP contribution is -2.51. The van der Waals surface area contributed by atoms with Crippen LogP contribution in [0.5, 0.6) is 0 Å². The molecule has 0 radical (unpaired) electrons. The molecule has 1 aromatic heterocycles. The third-order valence-corrected chi connectivity index (χ3v) is 10.2. The number of rotatable bonds is 5. The minimum Gasteiger partial charge on any atom is -0.361 e. The van der Waals surface area contributed by atoms with Crippen LogP contribution in [0.25, 0.3) is 0 Å². The zero-order valence-corrected chi connectivity index (χ0v) is 22.5. The van der Waals surface area contributed by atoms with Crippen molar-refractivity contribution < 1.29 is 9.32 Å². The molecule has 3 aliphatic carbocycles. The van der Waals surface area contributed by atoms with Gasteiger partial charge in [0.05, 0.1) is 6.20 Å². The third kappa shape index (κ3) is 4.50. The van der Waals surface area contributed by atoms with Gasteiger partial charge in [-0.15, -0.1) is 0 Å². The van der Waals surface area contributed by atoms with E-state index in [1.807, 2.05) is 12.3 Å². The summed E-state index contributed by atoms with van der Waals surface area (Å²) in [7, 11) is 0. The van der Waals surface area contributed by atoms with E-state index in [1.54, 1.807) is 6.92 Å². The quantitative estimate of drug-likeness (QED) is 0.425. The highest BCUT2D eigenvalue weighted by Crippen LogP contribution is 2.61. The molecule has 0 bridgehead atoms. The molecule has 1 aromatic rings. The first-order valence-electron chi connectivity index (χ1n) is 13.5. The average molecular weight is 454 g/mol. The minimum atomic E-state index is -0.0622. The Morgan fingerprint density at radius 1 is 1.21 bits per heavy atom. The minimum absolute atomic E-state index is 0.00689. The summed E-state index contributed by atoms with van der Waals surface area (Å²) < 4.78 is 5.75. The number of aromatic nitrogens is 1. The van der Waals surface area contributed by atoms with Gasteiger partial charge in [-0.25, -0.2) is 0 Å². The molecule has 4 unspecified atom stereocenters. The maximum atomic E-state index is 12.5. The molecular weight excluding hydrogens is 406 g/mol. The van der Waals surface area contributed by atoms with E-state index < -0.39 is 0 Å². The highest BCUT2D eigenvalue weighted by molar-refractivity contribution is 5.88. The molecule has 0 aliphatic heterocycles. The van der Waals surface area contributed by atoms with E-state index in [0.717, 1.165) is 24.0 Å². The molecule has 3 heteroatoms. The van der Waals surface area contributed by atoms with E-state index in [9.17, 15) is 4.79 Å². The van der Waals surface area contributed by atoms with Crippen LogP contribution in [0.4, 0.5) is 0 Å². The summed E-state index contributed by atoms with van der Waals surface area (Å²) >= 11 is 0. The van der Waals surface area contributed by atoms with Crippen molar-refractivity contribution in [3.05, 3.63) is 29.2 Å². The van der Waals surface area contributed by atoms with Gasteiger partial charge in [0.1, 0.15) is 5.76 Å². The number of carbonyl (C=O) groups is 1. The number of ketones is 1. The van der Waals surface area contributed by atoms with Crippen LogP contribution in [0.2, 0.25) is 0 Å². The number of hydrogen-bond acceptors (Lipinski definition) is 3. The summed E-state index contributed by atoms with van der Waals surface area (Å²) in [5.41, 5.74) is 3.09. The fraction of sp³-hybridized carbons (Fsp3) is 0.800. The number of carbonyl (C=O) groups excluding carboxylic acids is 1. The van der Waals surface area contributed by atoms with Crippen LogP contribution >= 0.6 is 0 Å². The second-order valence-electron chi connectivity index (χ2n) is 13.6. The molecule has 6 atom stereocenters. The van der Waals surface area contributed by atoms with Gasteiger partial charge in [-0.3, -0.25) is 4.79 Å². The Labute approximate surface area is 202 Å². The van der Waals surface area contributed by atoms with Gasteiger partial charge in [-0.2, -0.15) is 0 Å². The highest BCUT2D eigenvalue weighted by atomic mass is 16.5. The Balaban J connectivity index is 1.56. The van der Waals surface area contributed by atoms with Crippen LogP contribution in [-0.4, -0.2) is 10.9 Å². The molecule has 33 heavy (non-hydrogen) atoms. The highest BCUT2D eigenvalue weighted by Gasteiger charge is 2.56. The Bertz CT molecular complexity index is 906. The van der Waals surface area contributed by atoms with Crippen molar-refractivity contribution in [2.45, 2.75) is 112 Å². The van der Waals surface area contributed by atoms with Gasteiger partial charge in [0, 0.05) is 11.0 Å². The van der Waals surface area contributed by atoms with E-state index in [1.165, 1.54) is 56.1 Å². The Hall–Kier alpha value is -1.38. The SMILES string of the molecule is CC(=O)/C=C1\C([C@H](C)CCC2CCC(C)(C)CC2C)CCC2C(C)(C)c3oncc3C[C@]12C. The van der Waals surface area contributed by atoms with Gasteiger partial charge < -0.3 is 4.52 Å². The molecule has 2 saturated carbocycles. The van der Waals surface area contributed by atoms with Crippen molar-refractivity contribution in [3.8, 4) is 0 Å². The lowest BCUT2D eigenvalue weighted by atomic mass is 9.47. The molecule has 0 saturated heterocycles. The largest absolute Gasteiger partial charge is 0.361 e. The van der Waals surface area contributed by atoms with Crippen LogP contribution < -0.4 is 0 Å². The Morgan fingerprint density at radius 3 is 2.61 bits per heavy atom. The van der Waals surface area contributed by atoms with Crippen molar-refractivity contribution >= 4 is 5.78 Å².